The first-order valence-corrected chi connectivity index (χ1v) is 8.41. The van der Waals surface area contributed by atoms with E-state index in [-0.39, 0.29) is 25.5 Å². The minimum absolute atomic E-state index is 0.0361. The Morgan fingerprint density at radius 2 is 2.10 bits per heavy atom. The molecule has 1 aliphatic heterocycles. The second kappa shape index (κ2) is 7.71. The quantitative estimate of drug-likeness (QED) is 0.656. The van der Waals surface area contributed by atoms with Crippen molar-refractivity contribution in [2.24, 2.45) is 5.92 Å². The Morgan fingerprint density at radius 1 is 1.43 bits per heavy atom. The van der Waals surface area contributed by atoms with Crippen LogP contribution in [0.2, 0.25) is 0 Å². The van der Waals surface area contributed by atoms with E-state index in [9.17, 15) is 18.0 Å². The van der Waals surface area contributed by atoms with Crippen LogP contribution in [0.4, 0.5) is 0 Å². The largest absolute Gasteiger partial charge is 0.481 e. The van der Waals surface area contributed by atoms with Crippen LogP contribution in [0.1, 0.15) is 26.2 Å². The maximum Gasteiger partial charge on any atom is 0.307 e. The molecule has 1 aliphatic rings. The molecule has 21 heavy (non-hydrogen) atoms. The number of carboxylic acid groups (broad SMARTS) is 1. The fraction of sp³-hybridized carbons (Fsp3) is 0.833. The summed E-state index contributed by atoms with van der Waals surface area (Å²) in [6.07, 6.45) is 1.56. The van der Waals surface area contributed by atoms with Crippen LogP contribution in [0, 0.1) is 5.92 Å². The number of piperidine rings is 1. The Hall–Kier alpha value is -1.19. The summed E-state index contributed by atoms with van der Waals surface area (Å²) in [5, 5.41) is 11.4. The molecule has 1 fully saturated rings. The van der Waals surface area contributed by atoms with Crippen LogP contribution < -0.4 is 5.32 Å². The molecule has 1 amide bonds. The summed E-state index contributed by atoms with van der Waals surface area (Å²) in [7, 11) is -2.37. The SMILES string of the molecule is CCCN(CC(=O)NC)S(=O)(=O)N1CCCC(C(=O)O)C1. The third kappa shape index (κ3) is 4.65. The molecular formula is C12H23N3O5S. The first-order chi connectivity index (χ1) is 9.82. The Morgan fingerprint density at radius 3 is 2.62 bits per heavy atom. The van der Waals surface area contributed by atoms with Crippen LogP contribution in [0.15, 0.2) is 0 Å². The molecule has 1 rings (SSSR count). The summed E-state index contributed by atoms with van der Waals surface area (Å²) in [5.41, 5.74) is 0. The summed E-state index contributed by atoms with van der Waals surface area (Å²) >= 11 is 0. The van der Waals surface area contributed by atoms with E-state index in [1.165, 1.54) is 11.4 Å². The maximum absolute atomic E-state index is 12.6. The van der Waals surface area contributed by atoms with Gasteiger partial charge in [-0.05, 0) is 19.3 Å². The van der Waals surface area contributed by atoms with Crippen LogP contribution in [0.3, 0.4) is 0 Å². The number of carbonyl (C=O) groups is 2. The lowest BCUT2D eigenvalue weighted by Gasteiger charge is -2.33. The van der Waals surface area contributed by atoms with Crippen molar-refractivity contribution in [2.75, 3.05) is 33.2 Å². The second-order valence-electron chi connectivity index (χ2n) is 5.05. The van der Waals surface area contributed by atoms with Gasteiger partial charge in [0.2, 0.25) is 5.91 Å². The number of nitrogens with one attached hydrogen (secondary N) is 1. The van der Waals surface area contributed by atoms with E-state index < -0.39 is 22.1 Å². The minimum atomic E-state index is -3.82. The summed E-state index contributed by atoms with van der Waals surface area (Å²) in [6.45, 7) is 2.05. The summed E-state index contributed by atoms with van der Waals surface area (Å²) in [6, 6.07) is 0. The molecule has 0 aromatic heterocycles. The normalized spacial score (nSPS) is 20.4. The number of rotatable bonds is 7. The van der Waals surface area contributed by atoms with Crippen molar-refractivity contribution >= 4 is 22.1 Å². The van der Waals surface area contributed by atoms with Gasteiger partial charge in [-0.25, -0.2) is 0 Å². The van der Waals surface area contributed by atoms with E-state index in [0.717, 1.165) is 4.31 Å². The molecule has 1 heterocycles. The van der Waals surface area contributed by atoms with E-state index in [1.54, 1.807) is 0 Å². The monoisotopic (exact) mass is 321 g/mol. The lowest BCUT2D eigenvalue weighted by Crippen LogP contribution is -2.51. The summed E-state index contributed by atoms with van der Waals surface area (Å²) in [5.74, 6) is -2.06. The summed E-state index contributed by atoms with van der Waals surface area (Å²) in [4.78, 5) is 22.5. The van der Waals surface area contributed by atoms with E-state index >= 15 is 0 Å². The standard InChI is InChI=1S/C12H23N3O5S/c1-3-6-14(9-11(16)13-2)21(19,20)15-7-4-5-10(8-15)12(17)18/h10H,3-9H2,1-2H3,(H,13,16)(H,17,18). The van der Waals surface area contributed by atoms with Crippen LogP contribution in [-0.4, -0.2) is 67.2 Å². The van der Waals surface area contributed by atoms with Gasteiger partial charge in [-0.2, -0.15) is 17.0 Å². The molecule has 0 aliphatic carbocycles. The smallest absolute Gasteiger partial charge is 0.307 e. The third-order valence-corrected chi connectivity index (χ3v) is 5.41. The van der Waals surface area contributed by atoms with Crippen molar-refractivity contribution in [3.05, 3.63) is 0 Å². The van der Waals surface area contributed by atoms with E-state index in [0.29, 0.717) is 25.8 Å². The van der Waals surface area contributed by atoms with Crippen LogP contribution in [-0.2, 0) is 19.8 Å². The zero-order chi connectivity index (χ0) is 16.0. The van der Waals surface area contributed by atoms with Gasteiger partial charge >= 0.3 is 5.97 Å². The average molecular weight is 321 g/mol. The van der Waals surface area contributed by atoms with Gasteiger partial charge in [0, 0.05) is 26.7 Å². The lowest BCUT2D eigenvalue weighted by molar-refractivity contribution is -0.143. The van der Waals surface area contributed by atoms with Crippen molar-refractivity contribution in [3.63, 3.8) is 0 Å². The molecule has 122 valence electrons. The zero-order valence-corrected chi connectivity index (χ0v) is 13.2. The molecule has 0 bridgehead atoms. The minimum Gasteiger partial charge on any atom is -0.481 e. The number of hydrogen-bond acceptors (Lipinski definition) is 4. The van der Waals surface area contributed by atoms with Crippen molar-refractivity contribution in [2.45, 2.75) is 26.2 Å². The predicted molar refractivity (Wildman–Crippen MR) is 76.8 cm³/mol. The van der Waals surface area contributed by atoms with Gasteiger partial charge in [0.1, 0.15) is 0 Å². The third-order valence-electron chi connectivity index (χ3n) is 3.46. The number of carbonyl (C=O) groups excluding carboxylic acids is 1. The molecule has 1 unspecified atom stereocenters. The molecule has 1 saturated heterocycles. The van der Waals surface area contributed by atoms with E-state index in [1.807, 2.05) is 6.92 Å². The Bertz CT molecular complexity index is 479. The van der Waals surface area contributed by atoms with Crippen molar-refractivity contribution in [1.82, 2.24) is 13.9 Å². The van der Waals surface area contributed by atoms with Crippen molar-refractivity contribution in [1.29, 1.82) is 0 Å². The number of carboxylic acids is 1. The number of aliphatic carboxylic acids is 1. The highest BCUT2D eigenvalue weighted by atomic mass is 32.2. The van der Waals surface area contributed by atoms with Gasteiger partial charge < -0.3 is 10.4 Å². The Balaban J connectivity index is 2.88. The topological polar surface area (TPSA) is 107 Å². The molecule has 9 heteroatoms. The molecule has 0 spiro atoms. The fourth-order valence-electron chi connectivity index (χ4n) is 2.28. The van der Waals surface area contributed by atoms with Gasteiger partial charge in [-0.15, -0.1) is 0 Å². The van der Waals surface area contributed by atoms with Gasteiger partial charge in [-0.3, -0.25) is 9.59 Å². The first-order valence-electron chi connectivity index (χ1n) is 7.01. The highest BCUT2D eigenvalue weighted by molar-refractivity contribution is 7.86. The number of hydrogen-bond donors (Lipinski definition) is 2. The van der Waals surface area contributed by atoms with Crippen molar-refractivity contribution in [3.8, 4) is 0 Å². The molecule has 0 saturated carbocycles. The number of likely N-dealkylation sites (N-methyl/N-ethyl adjacent to an activating group) is 1. The molecular weight excluding hydrogens is 298 g/mol. The molecule has 0 radical (unpaired) electrons. The van der Waals surface area contributed by atoms with Gasteiger partial charge in [0.25, 0.3) is 10.2 Å². The second-order valence-corrected chi connectivity index (χ2v) is 6.98. The molecule has 8 nitrogen and oxygen atoms in total. The van der Waals surface area contributed by atoms with E-state index in [2.05, 4.69) is 5.32 Å². The fourth-order valence-corrected chi connectivity index (χ4v) is 4.03. The molecule has 1 atom stereocenters. The molecule has 0 aromatic carbocycles. The number of nitrogens with zero attached hydrogens (tertiary/aromatic N) is 2. The molecule has 0 aromatic rings. The van der Waals surface area contributed by atoms with Gasteiger partial charge in [0.05, 0.1) is 12.5 Å². The van der Waals surface area contributed by atoms with E-state index in [4.69, 9.17) is 5.11 Å². The van der Waals surface area contributed by atoms with Crippen molar-refractivity contribution < 1.29 is 23.1 Å². The lowest BCUT2D eigenvalue weighted by atomic mass is 10.0. The maximum atomic E-state index is 12.6. The highest BCUT2D eigenvalue weighted by Crippen LogP contribution is 2.21. The van der Waals surface area contributed by atoms with Crippen LogP contribution in [0.25, 0.3) is 0 Å². The van der Waals surface area contributed by atoms with Gasteiger partial charge in [0.15, 0.2) is 0 Å². The summed E-state index contributed by atoms with van der Waals surface area (Å²) < 4.78 is 27.4. The highest BCUT2D eigenvalue weighted by Gasteiger charge is 2.36. The average Bonchev–Trinajstić information content (AvgIpc) is 2.46. The number of amides is 1. The van der Waals surface area contributed by atoms with Crippen LogP contribution >= 0.6 is 0 Å². The Labute approximate surface area is 125 Å². The predicted octanol–water partition coefficient (Wildman–Crippen LogP) is -0.514. The zero-order valence-electron chi connectivity index (χ0n) is 12.4. The van der Waals surface area contributed by atoms with Crippen LogP contribution in [0.5, 0.6) is 0 Å². The Kier molecular flexibility index (Phi) is 6.56. The molecule has 2 N–H and O–H groups in total. The first kappa shape index (κ1) is 17.9. The van der Waals surface area contributed by atoms with Gasteiger partial charge in [-0.1, -0.05) is 6.92 Å².